The first-order valence-electron chi connectivity index (χ1n) is 8.74. The second-order valence-electron chi connectivity index (χ2n) is 6.42. The maximum atomic E-state index is 12.5. The topological polar surface area (TPSA) is 54.0 Å². The van der Waals surface area contributed by atoms with Gasteiger partial charge in [0.2, 0.25) is 6.79 Å². The lowest BCUT2D eigenvalue weighted by Crippen LogP contribution is -2.39. The summed E-state index contributed by atoms with van der Waals surface area (Å²) >= 11 is 0. The molecule has 1 aliphatic heterocycles. The zero-order chi connectivity index (χ0) is 18.5. The van der Waals surface area contributed by atoms with E-state index >= 15 is 0 Å². The number of nitrogens with one attached hydrogen (secondary N) is 1. The summed E-state index contributed by atoms with van der Waals surface area (Å²) in [5.41, 5.74) is 3.22. The molecule has 0 bridgehead atoms. The summed E-state index contributed by atoms with van der Waals surface area (Å²) in [6.07, 6.45) is 0. The highest BCUT2D eigenvalue weighted by Crippen LogP contribution is 2.32. The molecule has 3 rings (SSSR count). The van der Waals surface area contributed by atoms with Gasteiger partial charge < -0.3 is 24.6 Å². The molecule has 6 heteroatoms. The fourth-order valence-corrected chi connectivity index (χ4v) is 2.79. The highest BCUT2D eigenvalue weighted by molar-refractivity contribution is 5.74. The molecule has 6 nitrogen and oxygen atoms in total. The third kappa shape index (κ3) is 4.20. The van der Waals surface area contributed by atoms with Crippen molar-refractivity contribution in [2.45, 2.75) is 20.0 Å². The third-order valence-corrected chi connectivity index (χ3v) is 4.38. The quantitative estimate of drug-likeness (QED) is 0.864. The largest absolute Gasteiger partial charge is 0.454 e. The number of ether oxygens (including phenoxy) is 2. The van der Waals surface area contributed by atoms with E-state index in [1.165, 1.54) is 0 Å². The van der Waals surface area contributed by atoms with Crippen LogP contribution in [0.2, 0.25) is 0 Å². The molecule has 0 radical (unpaired) electrons. The van der Waals surface area contributed by atoms with E-state index in [0.717, 1.165) is 28.3 Å². The zero-order valence-electron chi connectivity index (χ0n) is 15.5. The molecule has 2 aromatic rings. The average molecular weight is 355 g/mol. The number of urea groups is 1. The summed E-state index contributed by atoms with van der Waals surface area (Å²) in [6, 6.07) is 13.9. The second-order valence-corrected chi connectivity index (χ2v) is 6.42. The molecule has 0 aromatic heterocycles. The van der Waals surface area contributed by atoms with Gasteiger partial charge in [-0.3, -0.25) is 0 Å². The van der Waals surface area contributed by atoms with Gasteiger partial charge in [-0.1, -0.05) is 18.2 Å². The van der Waals surface area contributed by atoms with Crippen LogP contribution in [0.15, 0.2) is 42.5 Å². The maximum Gasteiger partial charge on any atom is 0.317 e. The molecule has 2 amide bonds. The fraction of sp³-hybridized carbons (Fsp3) is 0.350. The predicted molar refractivity (Wildman–Crippen MR) is 102 cm³/mol. The first kappa shape index (κ1) is 17.9. The van der Waals surface area contributed by atoms with Crippen molar-refractivity contribution in [2.75, 3.05) is 32.3 Å². The average Bonchev–Trinajstić information content (AvgIpc) is 3.12. The minimum absolute atomic E-state index is 0.0816. The molecule has 0 saturated heterocycles. The van der Waals surface area contributed by atoms with Crippen LogP contribution in [0.4, 0.5) is 10.5 Å². The first-order valence-corrected chi connectivity index (χ1v) is 8.74. The molecule has 0 atom stereocenters. The lowest BCUT2D eigenvalue weighted by molar-refractivity contribution is 0.173. The number of amides is 2. The molecule has 2 aromatic carbocycles. The van der Waals surface area contributed by atoms with E-state index in [4.69, 9.17) is 9.47 Å². The number of hydrogen-bond donors (Lipinski definition) is 1. The molecule has 138 valence electrons. The number of benzene rings is 2. The minimum Gasteiger partial charge on any atom is -0.454 e. The van der Waals surface area contributed by atoms with Crippen LogP contribution in [0.3, 0.4) is 0 Å². The van der Waals surface area contributed by atoms with Gasteiger partial charge in [0, 0.05) is 39.4 Å². The van der Waals surface area contributed by atoms with Crippen LogP contribution < -0.4 is 19.7 Å². The number of nitrogens with zero attached hydrogens (tertiary/aromatic N) is 2. The van der Waals surface area contributed by atoms with Gasteiger partial charge >= 0.3 is 6.03 Å². The summed E-state index contributed by atoms with van der Waals surface area (Å²) in [5, 5.41) is 2.99. The molecule has 1 heterocycles. The third-order valence-electron chi connectivity index (χ3n) is 4.38. The van der Waals surface area contributed by atoms with Crippen LogP contribution in [-0.2, 0) is 13.1 Å². The van der Waals surface area contributed by atoms with E-state index in [9.17, 15) is 4.79 Å². The normalized spacial score (nSPS) is 12.0. The van der Waals surface area contributed by atoms with Crippen molar-refractivity contribution in [1.29, 1.82) is 0 Å². The van der Waals surface area contributed by atoms with Crippen LogP contribution in [-0.4, -0.2) is 38.4 Å². The Morgan fingerprint density at radius 1 is 1.04 bits per heavy atom. The molecule has 0 fully saturated rings. The van der Waals surface area contributed by atoms with E-state index in [1.54, 1.807) is 4.90 Å². The summed E-state index contributed by atoms with van der Waals surface area (Å²) < 4.78 is 10.7. The molecule has 0 unspecified atom stereocenters. The Morgan fingerprint density at radius 2 is 1.73 bits per heavy atom. The molecule has 0 aliphatic carbocycles. The van der Waals surface area contributed by atoms with Crippen molar-refractivity contribution < 1.29 is 14.3 Å². The summed E-state index contributed by atoms with van der Waals surface area (Å²) in [5.74, 6) is 1.49. The van der Waals surface area contributed by atoms with E-state index in [0.29, 0.717) is 19.6 Å². The van der Waals surface area contributed by atoms with Gasteiger partial charge in [-0.25, -0.2) is 4.79 Å². The van der Waals surface area contributed by atoms with Crippen molar-refractivity contribution in [3.63, 3.8) is 0 Å². The zero-order valence-corrected chi connectivity index (χ0v) is 15.5. The van der Waals surface area contributed by atoms with Gasteiger partial charge in [-0.05, 0) is 42.3 Å². The summed E-state index contributed by atoms with van der Waals surface area (Å²) in [6.45, 7) is 3.88. The van der Waals surface area contributed by atoms with Crippen LogP contribution in [0, 0.1) is 0 Å². The van der Waals surface area contributed by atoms with Gasteiger partial charge in [0.25, 0.3) is 0 Å². The Labute approximate surface area is 154 Å². The maximum absolute atomic E-state index is 12.5. The van der Waals surface area contributed by atoms with Gasteiger partial charge in [0.05, 0.1) is 0 Å². The molecular weight excluding hydrogens is 330 g/mol. The molecular formula is C20H25N3O3. The molecule has 1 aliphatic rings. The fourth-order valence-electron chi connectivity index (χ4n) is 2.79. The Kier molecular flexibility index (Phi) is 5.51. The minimum atomic E-state index is -0.0816. The van der Waals surface area contributed by atoms with E-state index < -0.39 is 0 Å². The van der Waals surface area contributed by atoms with E-state index in [1.807, 2.05) is 68.4 Å². The van der Waals surface area contributed by atoms with Crippen LogP contribution >= 0.6 is 0 Å². The number of rotatable bonds is 6. The van der Waals surface area contributed by atoms with E-state index in [2.05, 4.69) is 5.32 Å². The lowest BCUT2D eigenvalue weighted by Gasteiger charge is -2.22. The van der Waals surface area contributed by atoms with Crippen molar-refractivity contribution in [3.05, 3.63) is 53.6 Å². The summed E-state index contributed by atoms with van der Waals surface area (Å²) in [4.78, 5) is 16.3. The first-order chi connectivity index (χ1) is 12.6. The number of carbonyl (C=O) groups is 1. The molecule has 1 N–H and O–H groups in total. The van der Waals surface area contributed by atoms with Crippen LogP contribution in [0.5, 0.6) is 11.5 Å². The molecule has 26 heavy (non-hydrogen) atoms. The van der Waals surface area contributed by atoms with E-state index in [-0.39, 0.29) is 12.8 Å². The van der Waals surface area contributed by atoms with Gasteiger partial charge in [-0.15, -0.1) is 0 Å². The number of anilines is 1. The Balaban J connectivity index is 1.56. The SMILES string of the molecule is CCN(Cc1ccc2c(c1)OCO2)C(=O)NCc1ccc(N(C)C)cc1. The smallest absolute Gasteiger partial charge is 0.317 e. The highest BCUT2D eigenvalue weighted by atomic mass is 16.7. The summed E-state index contributed by atoms with van der Waals surface area (Å²) in [7, 11) is 4.01. The van der Waals surface area contributed by atoms with Crippen LogP contribution in [0.25, 0.3) is 0 Å². The van der Waals surface area contributed by atoms with Crippen molar-refractivity contribution in [3.8, 4) is 11.5 Å². The number of carbonyl (C=O) groups excluding carboxylic acids is 1. The van der Waals surface area contributed by atoms with Crippen molar-refractivity contribution in [1.82, 2.24) is 10.2 Å². The Hall–Kier alpha value is -2.89. The van der Waals surface area contributed by atoms with Gasteiger partial charge in [0.15, 0.2) is 11.5 Å². The Morgan fingerprint density at radius 3 is 2.42 bits per heavy atom. The monoisotopic (exact) mass is 355 g/mol. The molecule has 0 spiro atoms. The standard InChI is InChI=1S/C20H25N3O3/c1-4-23(13-16-7-10-18-19(11-16)26-14-25-18)20(24)21-12-15-5-8-17(9-6-15)22(2)3/h5-11H,4,12-14H2,1-3H3,(H,21,24). The van der Waals surface area contributed by atoms with Crippen molar-refractivity contribution >= 4 is 11.7 Å². The Bertz CT molecular complexity index is 759. The highest BCUT2D eigenvalue weighted by Gasteiger charge is 2.16. The predicted octanol–water partition coefficient (Wildman–Crippen LogP) is 3.21. The molecule has 0 saturated carbocycles. The van der Waals surface area contributed by atoms with Crippen molar-refractivity contribution in [2.24, 2.45) is 0 Å². The van der Waals surface area contributed by atoms with Gasteiger partial charge in [-0.2, -0.15) is 0 Å². The lowest BCUT2D eigenvalue weighted by atomic mass is 10.2. The number of hydrogen-bond acceptors (Lipinski definition) is 4. The number of fused-ring (bicyclic) bond motifs is 1. The van der Waals surface area contributed by atoms with Gasteiger partial charge in [0.1, 0.15) is 0 Å². The van der Waals surface area contributed by atoms with Crippen LogP contribution in [0.1, 0.15) is 18.1 Å². The second kappa shape index (κ2) is 7.99.